The molecular formula is C16H14ClNO2. The molecule has 4 heteroatoms. The van der Waals surface area contributed by atoms with Gasteiger partial charge in [-0.3, -0.25) is 4.79 Å². The summed E-state index contributed by atoms with van der Waals surface area (Å²) in [4.78, 5) is 12.2. The number of anilines is 1. The minimum atomic E-state index is -0.113. The largest absolute Gasteiger partial charge is 0.493 e. The van der Waals surface area contributed by atoms with Crippen LogP contribution in [0.3, 0.4) is 0 Å². The number of ether oxygens (including phenoxy) is 1. The van der Waals surface area contributed by atoms with E-state index in [0.717, 1.165) is 29.0 Å². The number of benzene rings is 2. The molecule has 0 radical (unpaired) electrons. The van der Waals surface area contributed by atoms with Gasteiger partial charge in [0.1, 0.15) is 5.75 Å². The predicted octanol–water partition coefficient (Wildman–Crippen LogP) is 3.61. The summed E-state index contributed by atoms with van der Waals surface area (Å²) in [6.07, 6.45) is 0.862. The number of rotatable bonds is 3. The number of halogens is 1. The number of nitrogens with one attached hydrogen (secondary N) is 1. The fourth-order valence-electron chi connectivity index (χ4n) is 2.21. The van der Waals surface area contributed by atoms with Crippen molar-refractivity contribution in [3.63, 3.8) is 0 Å². The minimum absolute atomic E-state index is 0.113. The van der Waals surface area contributed by atoms with E-state index in [1.807, 2.05) is 36.4 Å². The average Bonchev–Trinajstić information content (AvgIpc) is 2.95. The van der Waals surface area contributed by atoms with Gasteiger partial charge in [-0.05, 0) is 41.5 Å². The Labute approximate surface area is 122 Å². The predicted molar refractivity (Wildman–Crippen MR) is 79.6 cm³/mol. The van der Waals surface area contributed by atoms with Crippen LogP contribution in [0.2, 0.25) is 0 Å². The Morgan fingerprint density at radius 3 is 2.75 bits per heavy atom. The molecule has 0 bridgehead atoms. The first kappa shape index (κ1) is 13.0. The van der Waals surface area contributed by atoms with E-state index in [4.69, 9.17) is 16.3 Å². The molecule has 20 heavy (non-hydrogen) atoms. The topological polar surface area (TPSA) is 38.3 Å². The van der Waals surface area contributed by atoms with E-state index in [2.05, 4.69) is 5.32 Å². The van der Waals surface area contributed by atoms with Crippen molar-refractivity contribution in [2.45, 2.75) is 12.3 Å². The van der Waals surface area contributed by atoms with E-state index in [1.54, 1.807) is 6.07 Å². The van der Waals surface area contributed by atoms with Crippen LogP contribution in [0.5, 0.6) is 5.75 Å². The van der Waals surface area contributed by atoms with Gasteiger partial charge in [0.25, 0.3) is 5.91 Å². The summed E-state index contributed by atoms with van der Waals surface area (Å²) >= 11 is 5.74. The Bertz CT molecular complexity index is 637. The lowest BCUT2D eigenvalue weighted by molar-refractivity contribution is 0.102. The van der Waals surface area contributed by atoms with Crippen molar-refractivity contribution in [1.29, 1.82) is 0 Å². The fraction of sp³-hybridized carbons (Fsp3) is 0.188. The number of amides is 1. The van der Waals surface area contributed by atoms with Crippen LogP contribution in [0, 0.1) is 0 Å². The molecule has 3 nitrogen and oxygen atoms in total. The Morgan fingerprint density at radius 2 is 2.00 bits per heavy atom. The molecule has 1 amide bonds. The van der Waals surface area contributed by atoms with Crippen LogP contribution >= 0.6 is 11.6 Å². The molecule has 1 aliphatic rings. The molecule has 1 N–H and O–H groups in total. The molecule has 0 spiro atoms. The van der Waals surface area contributed by atoms with E-state index in [-0.39, 0.29) is 5.91 Å². The summed E-state index contributed by atoms with van der Waals surface area (Å²) in [6.45, 7) is 0.695. The van der Waals surface area contributed by atoms with Gasteiger partial charge in [-0.1, -0.05) is 12.1 Å². The molecule has 2 aromatic rings. The highest BCUT2D eigenvalue weighted by atomic mass is 35.5. The molecule has 3 rings (SSSR count). The Hall–Kier alpha value is -2.00. The van der Waals surface area contributed by atoms with Gasteiger partial charge < -0.3 is 10.1 Å². The second-order valence-electron chi connectivity index (χ2n) is 4.71. The summed E-state index contributed by atoms with van der Waals surface area (Å²) in [7, 11) is 0. The normalized spacial score (nSPS) is 12.7. The maximum atomic E-state index is 12.2. The van der Waals surface area contributed by atoms with E-state index >= 15 is 0 Å². The molecule has 0 aromatic heterocycles. The molecule has 2 aromatic carbocycles. The van der Waals surface area contributed by atoms with Gasteiger partial charge in [0.2, 0.25) is 0 Å². The number of hydrogen-bond donors (Lipinski definition) is 1. The summed E-state index contributed by atoms with van der Waals surface area (Å²) in [5.41, 5.74) is 3.53. The standard InChI is InChI=1S/C16H14ClNO2/c17-10-11-1-4-14(5-2-11)18-16(19)13-3-6-15-12(9-13)7-8-20-15/h1-6,9H,7-8,10H2,(H,18,19). The smallest absolute Gasteiger partial charge is 0.255 e. The Morgan fingerprint density at radius 1 is 1.20 bits per heavy atom. The van der Waals surface area contributed by atoms with E-state index in [9.17, 15) is 4.79 Å². The van der Waals surface area contributed by atoms with Crippen LogP contribution in [0.15, 0.2) is 42.5 Å². The molecule has 1 heterocycles. The van der Waals surface area contributed by atoms with Crippen LogP contribution in [-0.2, 0) is 12.3 Å². The fourth-order valence-corrected chi connectivity index (χ4v) is 2.39. The third-order valence-corrected chi connectivity index (χ3v) is 3.63. The number of fused-ring (bicyclic) bond motifs is 1. The zero-order valence-corrected chi connectivity index (χ0v) is 11.6. The van der Waals surface area contributed by atoms with Crippen molar-refractivity contribution >= 4 is 23.2 Å². The lowest BCUT2D eigenvalue weighted by atomic mass is 10.1. The zero-order valence-electron chi connectivity index (χ0n) is 10.9. The summed E-state index contributed by atoms with van der Waals surface area (Å²) < 4.78 is 5.43. The van der Waals surface area contributed by atoms with Gasteiger partial charge in [-0.25, -0.2) is 0 Å². The molecule has 0 aliphatic carbocycles. The number of alkyl halides is 1. The quantitative estimate of drug-likeness (QED) is 0.876. The lowest BCUT2D eigenvalue weighted by Gasteiger charge is -2.07. The van der Waals surface area contributed by atoms with Crippen molar-refractivity contribution in [2.24, 2.45) is 0 Å². The van der Waals surface area contributed by atoms with Crippen LogP contribution in [-0.4, -0.2) is 12.5 Å². The molecule has 0 saturated carbocycles. The maximum Gasteiger partial charge on any atom is 0.255 e. The number of hydrogen-bond acceptors (Lipinski definition) is 2. The van der Waals surface area contributed by atoms with Gasteiger partial charge in [-0.2, -0.15) is 0 Å². The first-order valence-corrected chi connectivity index (χ1v) is 7.02. The zero-order chi connectivity index (χ0) is 13.9. The third kappa shape index (κ3) is 2.63. The first-order valence-electron chi connectivity index (χ1n) is 6.48. The van der Waals surface area contributed by atoms with E-state index in [1.165, 1.54) is 0 Å². The van der Waals surface area contributed by atoms with Gasteiger partial charge in [0, 0.05) is 23.6 Å². The van der Waals surface area contributed by atoms with Crippen molar-refractivity contribution in [3.8, 4) is 5.75 Å². The van der Waals surface area contributed by atoms with E-state index < -0.39 is 0 Å². The van der Waals surface area contributed by atoms with Gasteiger partial charge in [0.15, 0.2) is 0 Å². The summed E-state index contributed by atoms with van der Waals surface area (Å²) in [5, 5.41) is 2.88. The van der Waals surface area contributed by atoms with Crippen LogP contribution in [0.25, 0.3) is 0 Å². The van der Waals surface area contributed by atoms with Crippen LogP contribution in [0.1, 0.15) is 21.5 Å². The monoisotopic (exact) mass is 287 g/mol. The molecular weight excluding hydrogens is 274 g/mol. The highest BCUT2D eigenvalue weighted by Gasteiger charge is 2.15. The average molecular weight is 288 g/mol. The molecule has 0 saturated heterocycles. The highest BCUT2D eigenvalue weighted by Crippen LogP contribution is 2.26. The maximum absolute atomic E-state index is 12.2. The summed E-state index contributed by atoms with van der Waals surface area (Å²) in [6, 6.07) is 13.0. The van der Waals surface area contributed by atoms with Crippen molar-refractivity contribution in [2.75, 3.05) is 11.9 Å². The van der Waals surface area contributed by atoms with Crippen LogP contribution < -0.4 is 10.1 Å². The summed E-state index contributed by atoms with van der Waals surface area (Å²) in [5.74, 6) is 1.24. The Kier molecular flexibility index (Phi) is 3.61. The van der Waals surface area contributed by atoms with Crippen molar-refractivity contribution < 1.29 is 9.53 Å². The van der Waals surface area contributed by atoms with Gasteiger partial charge in [-0.15, -0.1) is 11.6 Å². The molecule has 0 fully saturated rings. The molecule has 102 valence electrons. The van der Waals surface area contributed by atoms with Crippen LogP contribution in [0.4, 0.5) is 5.69 Å². The SMILES string of the molecule is O=C(Nc1ccc(CCl)cc1)c1ccc2c(c1)CCO2. The number of carbonyl (C=O) groups excluding carboxylic acids is 1. The van der Waals surface area contributed by atoms with E-state index in [0.29, 0.717) is 18.1 Å². The highest BCUT2D eigenvalue weighted by molar-refractivity contribution is 6.17. The van der Waals surface area contributed by atoms with Crippen molar-refractivity contribution in [1.82, 2.24) is 0 Å². The lowest BCUT2D eigenvalue weighted by Crippen LogP contribution is -2.12. The molecule has 1 aliphatic heterocycles. The molecule has 0 atom stereocenters. The van der Waals surface area contributed by atoms with Gasteiger partial charge >= 0.3 is 0 Å². The number of carbonyl (C=O) groups is 1. The minimum Gasteiger partial charge on any atom is -0.493 e. The van der Waals surface area contributed by atoms with Gasteiger partial charge in [0.05, 0.1) is 6.61 Å². The van der Waals surface area contributed by atoms with Crippen molar-refractivity contribution in [3.05, 3.63) is 59.2 Å². The Balaban J connectivity index is 1.75. The third-order valence-electron chi connectivity index (χ3n) is 3.32. The second-order valence-corrected chi connectivity index (χ2v) is 4.97. The second kappa shape index (κ2) is 5.55. The molecule has 0 unspecified atom stereocenters. The first-order chi connectivity index (χ1) is 9.76.